The summed E-state index contributed by atoms with van der Waals surface area (Å²) < 4.78 is 0. The molecule has 1 saturated heterocycles. The van der Waals surface area contributed by atoms with E-state index in [9.17, 15) is 4.79 Å². The normalized spacial score (nSPS) is 15.4. The van der Waals surface area contributed by atoms with Crippen LogP contribution in [0, 0.1) is 6.92 Å². The Morgan fingerprint density at radius 3 is 2.57 bits per heavy atom. The molecule has 1 fully saturated rings. The van der Waals surface area contributed by atoms with E-state index >= 15 is 0 Å². The van der Waals surface area contributed by atoms with Crippen molar-refractivity contribution in [3.63, 3.8) is 0 Å². The van der Waals surface area contributed by atoms with E-state index in [1.54, 1.807) is 6.92 Å². The van der Waals surface area contributed by atoms with Crippen LogP contribution < -0.4 is 10.2 Å². The van der Waals surface area contributed by atoms with Crippen molar-refractivity contribution in [2.24, 2.45) is 0 Å². The number of aryl methyl sites for hydroxylation is 1. The summed E-state index contributed by atoms with van der Waals surface area (Å²) in [6, 6.07) is 6.67. The predicted octanol–water partition coefficient (Wildman–Crippen LogP) is 2.16. The van der Waals surface area contributed by atoms with Crippen LogP contribution in [0.2, 0.25) is 0 Å². The lowest BCUT2D eigenvalue weighted by Crippen LogP contribution is -2.48. The summed E-state index contributed by atoms with van der Waals surface area (Å²) in [4.78, 5) is 15.8. The number of anilines is 1. The van der Waals surface area contributed by atoms with E-state index in [0.29, 0.717) is 0 Å². The van der Waals surface area contributed by atoms with Crippen LogP contribution in [0.4, 0.5) is 5.69 Å². The van der Waals surface area contributed by atoms with Crippen LogP contribution in [0.25, 0.3) is 0 Å². The third-order valence-corrected chi connectivity index (χ3v) is 4.04. The fraction of sp³-hybridized carbons (Fsp3) is 0.588. The highest BCUT2D eigenvalue weighted by atomic mass is 16.2. The SMILES string of the molecule is CCCNCc1cc(C)ccc1N1CCN(C(C)=O)CC1. The number of nitrogens with zero attached hydrogens (tertiary/aromatic N) is 2. The lowest BCUT2D eigenvalue weighted by Gasteiger charge is -2.36. The zero-order chi connectivity index (χ0) is 15.2. The zero-order valence-electron chi connectivity index (χ0n) is 13.5. The molecule has 0 aliphatic carbocycles. The zero-order valence-corrected chi connectivity index (χ0v) is 13.5. The van der Waals surface area contributed by atoms with Gasteiger partial charge < -0.3 is 15.1 Å². The summed E-state index contributed by atoms with van der Waals surface area (Å²) in [6.07, 6.45) is 1.15. The molecule has 1 amide bonds. The molecule has 21 heavy (non-hydrogen) atoms. The molecule has 1 aliphatic heterocycles. The minimum absolute atomic E-state index is 0.184. The predicted molar refractivity (Wildman–Crippen MR) is 87.6 cm³/mol. The van der Waals surface area contributed by atoms with Gasteiger partial charge in [0.1, 0.15) is 0 Å². The van der Waals surface area contributed by atoms with Gasteiger partial charge in [0.05, 0.1) is 0 Å². The van der Waals surface area contributed by atoms with Crippen LogP contribution in [0.15, 0.2) is 18.2 Å². The molecule has 0 aromatic heterocycles. The molecule has 0 unspecified atom stereocenters. The van der Waals surface area contributed by atoms with Crippen molar-refractivity contribution >= 4 is 11.6 Å². The maximum atomic E-state index is 11.4. The van der Waals surface area contributed by atoms with Gasteiger partial charge in [-0.3, -0.25) is 4.79 Å². The molecule has 1 N–H and O–H groups in total. The summed E-state index contributed by atoms with van der Waals surface area (Å²) in [6.45, 7) is 11.4. The molecule has 0 radical (unpaired) electrons. The number of amides is 1. The minimum atomic E-state index is 0.184. The molecule has 0 atom stereocenters. The molecule has 1 aromatic rings. The lowest BCUT2D eigenvalue weighted by molar-refractivity contribution is -0.129. The monoisotopic (exact) mass is 289 g/mol. The van der Waals surface area contributed by atoms with Crippen LogP contribution in [0.1, 0.15) is 31.4 Å². The van der Waals surface area contributed by atoms with E-state index in [1.165, 1.54) is 16.8 Å². The number of carbonyl (C=O) groups excluding carboxylic acids is 1. The summed E-state index contributed by atoms with van der Waals surface area (Å²) in [5, 5.41) is 3.49. The Labute approximate surface area is 128 Å². The first kappa shape index (κ1) is 15.8. The average molecular weight is 289 g/mol. The van der Waals surface area contributed by atoms with E-state index in [4.69, 9.17) is 0 Å². The standard InChI is InChI=1S/C17H27N3O/c1-4-7-18-13-16-12-14(2)5-6-17(16)20-10-8-19(9-11-20)15(3)21/h5-6,12,18H,4,7-11,13H2,1-3H3. The summed E-state index contributed by atoms with van der Waals surface area (Å²) in [7, 11) is 0. The molecule has 2 rings (SSSR count). The molecule has 4 heteroatoms. The second kappa shape index (κ2) is 7.46. The fourth-order valence-corrected chi connectivity index (χ4v) is 2.83. The van der Waals surface area contributed by atoms with Gasteiger partial charge in [0, 0.05) is 45.3 Å². The lowest BCUT2D eigenvalue weighted by atomic mass is 10.1. The smallest absolute Gasteiger partial charge is 0.219 e. The van der Waals surface area contributed by atoms with Crippen LogP contribution in [0.3, 0.4) is 0 Å². The Kier molecular flexibility index (Phi) is 5.62. The van der Waals surface area contributed by atoms with Gasteiger partial charge in [0.25, 0.3) is 0 Å². The molecular formula is C17H27N3O. The molecule has 4 nitrogen and oxygen atoms in total. The van der Waals surface area contributed by atoms with Gasteiger partial charge in [-0.05, 0) is 31.5 Å². The first-order valence-corrected chi connectivity index (χ1v) is 7.92. The Morgan fingerprint density at radius 2 is 1.95 bits per heavy atom. The van der Waals surface area contributed by atoms with Crippen molar-refractivity contribution in [1.29, 1.82) is 0 Å². The number of rotatable bonds is 5. The van der Waals surface area contributed by atoms with Crippen LogP contribution in [-0.4, -0.2) is 43.5 Å². The number of nitrogens with one attached hydrogen (secondary N) is 1. The first-order chi connectivity index (χ1) is 10.1. The van der Waals surface area contributed by atoms with Crippen molar-refractivity contribution in [2.75, 3.05) is 37.6 Å². The van der Waals surface area contributed by atoms with E-state index in [0.717, 1.165) is 45.7 Å². The second-order valence-corrected chi connectivity index (χ2v) is 5.80. The summed E-state index contributed by atoms with van der Waals surface area (Å²) in [5.41, 5.74) is 3.97. The van der Waals surface area contributed by atoms with Crippen molar-refractivity contribution in [3.05, 3.63) is 29.3 Å². The largest absolute Gasteiger partial charge is 0.368 e. The van der Waals surface area contributed by atoms with Crippen LogP contribution in [-0.2, 0) is 11.3 Å². The maximum absolute atomic E-state index is 11.4. The van der Waals surface area contributed by atoms with E-state index < -0.39 is 0 Å². The summed E-state index contributed by atoms with van der Waals surface area (Å²) >= 11 is 0. The van der Waals surface area contributed by atoms with Gasteiger partial charge in [0.2, 0.25) is 5.91 Å². The Morgan fingerprint density at radius 1 is 1.24 bits per heavy atom. The van der Waals surface area contributed by atoms with Crippen molar-refractivity contribution in [3.8, 4) is 0 Å². The summed E-state index contributed by atoms with van der Waals surface area (Å²) in [5.74, 6) is 0.184. The van der Waals surface area contributed by atoms with Crippen molar-refractivity contribution < 1.29 is 4.79 Å². The molecular weight excluding hydrogens is 262 g/mol. The van der Waals surface area contributed by atoms with Crippen LogP contribution >= 0.6 is 0 Å². The van der Waals surface area contributed by atoms with Gasteiger partial charge in [-0.2, -0.15) is 0 Å². The highest BCUT2D eigenvalue weighted by molar-refractivity contribution is 5.73. The molecule has 1 aromatic carbocycles. The fourth-order valence-electron chi connectivity index (χ4n) is 2.83. The highest BCUT2D eigenvalue weighted by Crippen LogP contribution is 2.23. The average Bonchev–Trinajstić information content (AvgIpc) is 2.48. The quantitative estimate of drug-likeness (QED) is 0.844. The minimum Gasteiger partial charge on any atom is -0.368 e. The number of benzene rings is 1. The number of piperazine rings is 1. The van der Waals surface area contributed by atoms with Gasteiger partial charge in [-0.1, -0.05) is 24.6 Å². The Bertz CT molecular complexity index is 479. The van der Waals surface area contributed by atoms with Crippen LogP contribution in [0.5, 0.6) is 0 Å². The number of hydrogen-bond donors (Lipinski definition) is 1. The molecule has 0 saturated carbocycles. The van der Waals surface area contributed by atoms with E-state index in [-0.39, 0.29) is 5.91 Å². The third kappa shape index (κ3) is 4.21. The van der Waals surface area contributed by atoms with Gasteiger partial charge in [-0.25, -0.2) is 0 Å². The van der Waals surface area contributed by atoms with Gasteiger partial charge in [-0.15, -0.1) is 0 Å². The van der Waals surface area contributed by atoms with Crippen molar-refractivity contribution in [1.82, 2.24) is 10.2 Å². The Hall–Kier alpha value is -1.55. The highest BCUT2D eigenvalue weighted by Gasteiger charge is 2.20. The molecule has 0 bridgehead atoms. The molecule has 1 aliphatic rings. The van der Waals surface area contributed by atoms with Gasteiger partial charge >= 0.3 is 0 Å². The van der Waals surface area contributed by atoms with Crippen molar-refractivity contribution in [2.45, 2.75) is 33.7 Å². The number of hydrogen-bond acceptors (Lipinski definition) is 3. The molecule has 1 heterocycles. The third-order valence-electron chi connectivity index (χ3n) is 4.04. The Balaban J connectivity index is 2.06. The molecule has 116 valence electrons. The van der Waals surface area contributed by atoms with Gasteiger partial charge in [0.15, 0.2) is 0 Å². The first-order valence-electron chi connectivity index (χ1n) is 7.92. The second-order valence-electron chi connectivity index (χ2n) is 5.80. The van der Waals surface area contributed by atoms with E-state index in [2.05, 4.69) is 42.3 Å². The molecule has 0 spiro atoms. The van der Waals surface area contributed by atoms with E-state index in [1.807, 2.05) is 4.90 Å². The number of carbonyl (C=O) groups is 1. The maximum Gasteiger partial charge on any atom is 0.219 e. The topological polar surface area (TPSA) is 35.6 Å².